The molecule has 4 nitrogen and oxygen atoms in total. The van der Waals surface area contributed by atoms with Gasteiger partial charge >= 0.3 is 0 Å². The molecule has 0 aliphatic heterocycles. The number of nitrogens with one attached hydrogen (secondary N) is 1. The lowest BCUT2D eigenvalue weighted by Crippen LogP contribution is -2.03. The number of nitrogens with zero attached hydrogens (tertiary/aromatic N) is 2. The van der Waals surface area contributed by atoms with Crippen molar-refractivity contribution in [1.82, 2.24) is 9.97 Å². The molecule has 0 saturated carbocycles. The molecule has 0 amide bonds. The summed E-state index contributed by atoms with van der Waals surface area (Å²) in [6.45, 7) is 2.81. The lowest BCUT2D eigenvalue weighted by atomic mass is 10.3. The predicted octanol–water partition coefficient (Wildman–Crippen LogP) is 3.26. The Morgan fingerprint density at radius 1 is 1.39 bits per heavy atom. The molecule has 18 heavy (non-hydrogen) atoms. The molecule has 0 unspecified atom stereocenters. The second-order valence-electron chi connectivity index (χ2n) is 3.99. The minimum Gasteiger partial charge on any atom is -0.368 e. The first kappa shape index (κ1) is 11.4. The fraction of sp³-hybridized carbons (Fsp3) is 0.167. The fourth-order valence-corrected chi connectivity index (χ4v) is 3.33. The molecule has 0 bridgehead atoms. The number of nitrogen functional groups attached to an aromatic ring is 1. The van der Waals surface area contributed by atoms with Gasteiger partial charge < -0.3 is 11.1 Å². The highest BCUT2D eigenvalue weighted by atomic mass is 32.1. The van der Waals surface area contributed by atoms with Crippen LogP contribution >= 0.6 is 22.7 Å². The number of anilines is 2. The van der Waals surface area contributed by atoms with Gasteiger partial charge in [-0.15, -0.1) is 11.3 Å². The summed E-state index contributed by atoms with van der Waals surface area (Å²) in [6, 6.07) is 4.19. The highest BCUT2D eigenvalue weighted by molar-refractivity contribution is 7.18. The topological polar surface area (TPSA) is 63.8 Å². The molecule has 6 heteroatoms. The van der Waals surface area contributed by atoms with Gasteiger partial charge in [0.25, 0.3) is 0 Å². The van der Waals surface area contributed by atoms with Gasteiger partial charge in [-0.1, -0.05) is 0 Å². The minimum absolute atomic E-state index is 0.317. The Balaban J connectivity index is 1.95. The van der Waals surface area contributed by atoms with Crippen LogP contribution in [0.2, 0.25) is 0 Å². The van der Waals surface area contributed by atoms with Gasteiger partial charge in [-0.25, -0.2) is 4.98 Å². The lowest BCUT2D eigenvalue weighted by Gasteiger charge is -2.06. The molecule has 0 aliphatic carbocycles. The Bertz CT molecular complexity index is 673. The maximum Gasteiger partial charge on any atom is 0.223 e. The van der Waals surface area contributed by atoms with Gasteiger partial charge in [-0.2, -0.15) is 16.3 Å². The number of aryl methyl sites for hydroxylation is 1. The van der Waals surface area contributed by atoms with Gasteiger partial charge in [-0.05, 0) is 35.4 Å². The third-order valence-electron chi connectivity index (χ3n) is 2.57. The Morgan fingerprint density at radius 3 is 3.06 bits per heavy atom. The molecule has 0 aromatic carbocycles. The van der Waals surface area contributed by atoms with E-state index < -0.39 is 0 Å². The molecule has 3 heterocycles. The number of thiophene rings is 2. The summed E-state index contributed by atoms with van der Waals surface area (Å²) in [6.07, 6.45) is 0. The molecular weight excluding hydrogens is 264 g/mol. The highest BCUT2D eigenvalue weighted by Crippen LogP contribution is 2.29. The zero-order chi connectivity index (χ0) is 12.5. The molecular formula is C12H12N4S2. The smallest absolute Gasteiger partial charge is 0.223 e. The zero-order valence-electron chi connectivity index (χ0n) is 9.80. The van der Waals surface area contributed by atoms with Crippen LogP contribution in [-0.4, -0.2) is 9.97 Å². The molecule has 0 saturated heterocycles. The van der Waals surface area contributed by atoms with Crippen LogP contribution in [0.25, 0.3) is 10.2 Å². The summed E-state index contributed by atoms with van der Waals surface area (Å²) in [5.74, 6) is 1.13. The first-order valence-electron chi connectivity index (χ1n) is 5.51. The molecule has 0 spiro atoms. The van der Waals surface area contributed by atoms with E-state index in [4.69, 9.17) is 5.73 Å². The van der Waals surface area contributed by atoms with Gasteiger partial charge in [0.1, 0.15) is 10.6 Å². The second-order valence-corrected chi connectivity index (χ2v) is 6.01. The molecule has 3 aromatic heterocycles. The normalized spacial score (nSPS) is 10.9. The molecule has 3 N–H and O–H groups in total. The van der Waals surface area contributed by atoms with Crippen LogP contribution in [-0.2, 0) is 6.54 Å². The predicted molar refractivity (Wildman–Crippen MR) is 78.2 cm³/mol. The molecule has 3 rings (SSSR count). The Kier molecular flexibility index (Phi) is 2.89. The van der Waals surface area contributed by atoms with Gasteiger partial charge in [0.2, 0.25) is 5.95 Å². The third kappa shape index (κ3) is 2.16. The summed E-state index contributed by atoms with van der Waals surface area (Å²) < 4.78 is 0. The SMILES string of the molecule is Cc1cc2c(NCc3ccsc3)nc(N)nc2s1. The number of fused-ring (bicyclic) bond motifs is 1. The van der Waals surface area contributed by atoms with E-state index >= 15 is 0 Å². The van der Waals surface area contributed by atoms with Crippen molar-refractivity contribution < 1.29 is 0 Å². The van der Waals surface area contributed by atoms with Crippen molar-refractivity contribution in [3.63, 3.8) is 0 Å². The molecule has 92 valence electrons. The van der Waals surface area contributed by atoms with E-state index in [2.05, 4.69) is 45.1 Å². The Labute approximate surface area is 113 Å². The van der Waals surface area contributed by atoms with E-state index in [0.717, 1.165) is 22.6 Å². The van der Waals surface area contributed by atoms with Crippen molar-refractivity contribution >= 4 is 44.7 Å². The van der Waals surface area contributed by atoms with Crippen molar-refractivity contribution in [2.24, 2.45) is 0 Å². The Hall–Kier alpha value is -1.66. The zero-order valence-corrected chi connectivity index (χ0v) is 11.4. The van der Waals surface area contributed by atoms with Crippen molar-refractivity contribution in [2.45, 2.75) is 13.5 Å². The highest BCUT2D eigenvalue weighted by Gasteiger charge is 2.09. The summed E-state index contributed by atoms with van der Waals surface area (Å²) in [5.41, 5.74) is 6.98. The molecule has 0 radical (unpaired) electrons. The number of aromatic nitrogens is 2. The maximum absolute atomic E-state index is 5.73. The van der Waals surface area contributed by atoms with E-state index in [1.54, 1.807) is 22.7 Å². The molecule has 0 atom stereocenters. The molecule has 0 fully saturated rings. The Morgan fingerprint density at radius 2 is 2.28 bits per heavy atom. The average Bonchev–Trinajstić information content (AvgIpc) is 2.93. The average molecular weight is 276 g/mol. The summed E-state index contributed by atoms with van der Waals surface area (Å²) in [7, 11) is 0. The van der Waals surface area contributed by atoms with E-state index in [1.165, 1.54) is 10.4 Å². The summed E-state index contributed by atoms with van der Waals surface area (Å²) in [4.78, 5) is 10.7. The van der Waals surface area contributed by atoms with E-state index in [1.807, 2.05) is 0 Å². The van der Waals surface area contributed by atoms with Gasteiger partial charge in [0, 0.05) is 11.4 Å². The van der Waals surface area contributed by atoms with Gasteiger partial charge in [0.05, 0.1) is 5.39 Å². The van der Waals surface area contributed by atoms with Gasteiger partial charge in [-0.3, -0.25) is 0 Å². The fourth-order valence-electron chi connectivity index (χ4n) is 1.77. The first-order valence-corrected chi connectivity index (χ1v) is 7.27. The second kappa shape index (κ2) is 4.55. The number of nitrogens with two attached hydrogens (primary N) is 1. The van der Waals surface area contributed by atoms with E-state index in [9.17, 15) is 0 Å². The van der Waals surface area contributed by atoms with Crippen molar-refractivity contribution in [1.29, 1.82) is 0 Å². The van der Waals surface area contributed by atoms with E-state index in [0.29, 0.717) is 5.95 Å². The van der Waals surface area contributed by atoms with Crippen LogP contribution in [0, 0.1) is 6.92 Å². The number of hydrogen-bond donors (Lipinski definition) is 2. The van der Waals surface area contributed by atoms with Crippen LogP contribution in [0.15, 0.2) is 22.9 Å². The standard InChI is InChI=1S/C12H12N4S2/c1-7-4-9-10(14-5-8-2-3-17-6-8)15-12(13)16-11(9)18-7/h2-4,6H,5H2,1H3,(H3,13,14,15,16). The van der Waals surface area contributed by atoms with Crippen LogP contribution in [0.3, 0.4) is 0 Å². The van der Waals surface area contributed by atoms with Gasteiger partial charge in [0.15, 0.2) is 0 Å². The third-order valence-corrected chi connectivity index (χ3v) is 4.25. The van der Waals surface area contributed by atoms with Crippen molar-refractivity contribution in [2.75, 3.05) is 11.1 Å². The monoisotopic (exact) mass is 276 g/mol. The largest absolute Gasteiger partial charge is 0.368 e. The van der Waals surface area contributed by atoms with Crippen molar-refractivity contribution in [3.05, 3.63) is 33.3 Å². The van der Waals surface area contributed by atoms with Crippen LogP contribution in [0.5, 0.6) is 0 Å². The van der Waals surface area contributed by atoms with E-state index in [-0.39, 0.29) is 0 Å². The van der Waals surface area contributed by atoms with Crippen LogP contribution in [0.4, 0.5) is 11.8 Å². The van der Waals surface area contributed by atoms with Crippen LogP contribution in [0.1, 0.15) is 10.4 Å². The summed E-state index contributed by atoms with van der Waals surface area (Å²) in [5, 5.41) is 8.55. The maximum atomic E-state index is 5.73. The number of rotatable bonds is 3. The quantitative estimate of drug-likeness (QED) is 0.770. The molecule has 0 aliphatic rings. The first-order chi connectivity index (χ1) is 8.72. The number of hydrogen-bond acceptors (Lipinski definition) is 6. The van der Waals surface area contributed by atoms with Crippen LogP contribution < -0.4 is 11.1 Å². The summed E-state index contributed by atoms with van der Waals surface area (Å²) >= 11 is 3.32. The minimum atomic E-state index is 0.317. The molecule has 3 aromatic rings. The lowest BCUT2D eigenvalue weighted by molar-refractivity contribution is 1.12. The van der Waals surface area contributed by atoms with Crippen molar-refractivity contribution in [3.8, 4) is 0 Å².